The maximum Gasteiger partial charge on any atom is 0.231 e. The minimum absolute atomic E-state index is 0.271. The topological polar surface area (TPSA) is 51.0 Å². The fraction of sp³-hybridized carbons (Fsp3) is 0.571. The van der Waals surface area contributed by atoms with Crippen LogP contribution < -0.4 is 5.32 Å². The van der Waals surface area contributed by atoms with Gasteiger partial charge in [0.1, 0.15) is 0 Å². The highest BCUT2D eigenvalue weighted by atomic mass is 32.1. The molecule has 0 fully saturated rings. The number of thiophene rings is 1. The van der Waals surface area contributed by atoms with E-state index in [0.29, 0.717) is 11.9 Å². The smallest absolute Gasteiger partial charge is 0.231 e. The van der Waals surface area contributed by atoms with Gasteiger partial charge in [0.05, 0.1) is 10.8 Å². The van der Waals surface area contributed by atoms with Crippen molar-refractivity contribution in [2.75, 3.05) is 6.54 Å². The van der Waals surface area contributed by atoms with Crippen LogP contribution in [0.4, 0.5) is 0 Å². The fourth-order valence-corrected chi connectivity index (χ4v) is 2.80. The van der Waals surface area contributed by atoms with Gasteiger partial charge in [0.15, 0.2) is 0 Å². The van der Waals surface area contributed by atoms with Crippen LogP contribution in [0.3, 0.4) is 0 Å². The molecule has 104 valence electrons. The SMILES string of the molecule is CCCNC(C)C(CC)c1nc(-c2cccs2)no1. The van der Waals surface area contributed by atoms with E-state index in [1.54, 1.807) is 11.3 Å². The molecule has 0 spiro atoms. The zero-order valence-electron chi connectivity index (χ0n) is 11.7. The van der Waals surface area contributed by atoms with E-state index in [0.717, 1.165) is 30.2 Å². The van der Waals surface area contributed by atoms with E-state index >= 15 is 0 Å². The van der Waals surface area contributed by atoms with Gasteiger partial charge in [0.2, 0.25) is 11.7 Å². The minimum atomic E-state index is 0.271. The third-order valence-corrected chi connectivity index (χ3v) is 4.13. The van der Waals surface area contributed by atoms with E-state index in [4.69, 9.17) is 4.52 Å². The Labute approximate surface area is 118 Å². The van der Waals surface area contributed by atoms with Crippen molar-refractivity contribution in [2.24, 2.45) is 0 Å². The molecule has 0 aromatic carbocycles. The molecule has 0 bridgehead atoms. The molecule has 19 heavy (non-hydrogen) atoms. The van der Waals surface area contributed by atoms with E-state index < -0.39 is 0 Å². The molecule has 0 aliphatic heterocycles. The first-order valence-corrected chi connectivity index (χ1v) is 7.75. The van der Waals surface area contributed by atoms with Gasteiger partial charge in [-0.15, -0.1) is 11.3 Å². The van der Waals surface area contributed by atoms with Gasteiger partial charge in [-0.3, -0.25) is 0 Å². The van der Waals surface area contributed by atoms with Crippen LogP contribution in [0.5, 0.6) is 0 Å². The summed E-state index contributed by atoms with van der Waals surface area (Å²) in [6.45, 7) is 7.52. The van der Waals surface area contributed by atoms with Crippen molar-refractivity contribution in [1.29, 1.82) is 0 Å². The number of aromatic nitrogens is 2. The molecule has 2 heterocycles. The molecule has 2 aromatic heterocycles. The van der Waals surface area contributed by atoms with Crippen LogP contribution in [0.2, 0.25) is 0 Å². The molecule has 2 aromatic rings. The average Bonchev–Trinajstić information content (AvgIpc) is 3.07. The van der Waals surface area contributed by atoms with Crippen molar-refractivity contribution in [3.05, 3.63) is 23.4 Å². The zero-order valence-corrected chi connectivity index (χ0v) is 12.5. The van der Waals surface area contributed by atoms with Gasteiger partial charge in [-0.25, -0.2) is 0 Å². The summed E-state index contributed by atoms with van der Waals surface area (Å²) in [4.78, 5) is 5.60. The molecule has 5 heteroatoms. The van der Waals surface area contributed by atoms with Gasteiger partial charge in [0, 0.05) is 6.04 Å². The highest BCUT2D eigenvalue weighted by Crippen LogP contribution is 2.26. The summed E-state index contributed by atoms with van der Waals surface area (Å²) in [6, 6.07) is 4.36. The van der Waals surface area contributed by atoms with E-state index in [-0.39, 0.29) is 5.92 Å². The average molecular weight is 279 g/mol. The molecule has 1 N–H and O–H groups in total. The van der Waals surface area contributed by atoms with E-state index in [1.807, 2.05) is 17.5 Å². The summed E-state index contributed by atoms with van der Waals surface area (Å²) in [5.41, 5.74) is 0. The van der Waals surface area contributed by atoms with E-state index in [1.165, 1.54) is 0 Å². The number of hydrogen-bond acceptors (Lipinski definition) is 5. The number of hydrogen-bond donors (Lipinski definition) is 1. The Bertz CT molecular complexity index is 481. The summed E-state index contributed by atoms with van der Waals surface area (Å²) in [5, 5.41) is 9.61. The summed E-state index contributed by atoms with van der Waals surface area (Å²) < 4.78 is 5.45. The second-order valence-electron chi connectivity index (χ2n) is 4.69. The van der Waals surface area contributed by atoms with Gasteiger partial charge < -0.3 is 9.84 Å². The van der Waals surface area contributed by atoms with Gasteiger partial charge >= 0.3 is 0 Å². The molecule has 0 radical (unpaired) electrons. The van der Waals surface area contributed by atoms with Crippen LogP contribution in [0.25, 0.3) is 10.7 Å². The lowest BCUT2D eigenvalue weighted by atomic mass is 9.98. The first kappa shape index (κ1) is 14.2. The lowest BCUT2D eigenvalue weighted by molar-refractivity contribution is 0.316. The predicted molar refractivity (Wildman–Crippen MR) is 78.4 cm³/mol. The summed E-state index contributed by atoms with van der Waals surface area (Å²) in [7, 11) is 0. The zero-order chi connectivity index (χ0) is 13.7. The Morgan fingerprint density at radius 1 is 1.42 bits per heavy atom. The largest absolute Gasteiger partial charge is 0.339 e. The monoisotopic (exact) mass is 279 g/mol. The first-order chi connectivity index (χ1) is 9.26. The molecular formula is C14H21N3OS. The molecular weight excluding hydrogens is 258 g/mol. The summed E-state index contributed by atoms with van der Waals surface area (Å²) in [5.74, 6) is 1.71. The van der Waals surface area contributed by atoms with Crippen LogP contribution in [0.15, 0.2) is 22.0 Å². The van der Waals surface area contributed by atoms with Crippen molar-refractivity contribution >= 4 is 11.3 Å². The third-order valence-electron chi connectivity index (χ3n) is 3.26. The molecule has 2 rings (SSSR count). The van der Waals surface area contributed by atoms with Crippen LogP contribution in [0, 0.1) is 0 Å². The molecule has 2 atom stereocenters. The fourth-order valence-electron chi connectivity index (χ4n) is 2.15. The molecule has 2 unspecified atom stereocenters. The first-order valence-electron chi connectivity index (χ1n) is 6.87. The second-order valence-corrected chi connectivity index (χ2v) is 5.64. The second kappa shape index (κ2) is 6.82. The standard InChI is InChI=1S/C14H21N3OS/c1-4-8-15-10(3)11(5-2)14-16-13(17-18-14)12-7-6-9-19-12/h6-7,9-11,15H,4-5,8H2,1-3H3. The predicted octanol–water partition coefficient (Wildman–Crippen LogP) is 3.68. The number of rotatable bonds is 7. The third kappa shape index (κ3) is 3.42. The Morgan fingerprint density at radius 2 is 2.26 bits per heavy atom. The molecule has 0 amide bonds. The maximum absolute atomic E-state index is 5.45. The van der Waals surface area contributed by atoms with Gasteiger partial charge in [-0.2, -0.15) is 4.98 Å². The highest BCUT2D eigenvalue weighted by Gasteiger charge is 2.23. The van der Waals surface area contributed by atoms with Gasteiger partial charge in [0.25, 0.3) is 0 Å². The summed E-state index contributed by atoms with van der Waals surface area (Å²) in [6.07, 6.45) is 2.12. The Hall–Kier alpha value is -1.20. The maximum atomic E-state index is 5.45. The van der Waals surface area contributed by atoms with Crippen molar-refractivity contribution in [2.45, 2.75) is 45.6 Å². The van der Waals surface area contributed by atoms with Crippen molar-refractivity contribution in [3.8, 4) is 10.7 Å². The van der Waals surface area contributed by atoms with Crippen LogP contribution in [-0.2, 0) is 0 Å². The highest BCUT2D eigenvalue weighted by molar-refractivity contribution is 7.13. The van der Waals surface area contributed by atoms with Crippen molar-refractivity contribution < 1.29 is 4.52 Å². The molecule has 0 aliphatic carbocycles. The lowest BCUT2D eigenvalue weighted by Crippen LogP contribution is -2.32. The quantitative estimate of drug-likeness (QED) is 0.840. The molecule has 0 saturated heterocycles. The molecule has 4 nitrogen and oxygen atoms in total. The lowest BCUT2D eigenvalue weighted by Gasteiger charge is -2.20. The Morgan fingerprint density at radius 3 is 2.89 bits per heavy atom. The van der Waals surface area contributed by atoms with Crippen molar-refractivity contribution in [1.82, 2.24) is 15.5 Å². The van der Waals surface area contributed by atoms with Gasteiger partial charge in [-0.1, -0.05) is 25.1 Å². The van der Waals surface area contributed by atoms with E-state index in [2.05, 4.69) is 36.2 Å². The summed E-state index contributed by atoms with van der Waals surface area (Å²) >= 11 is 1.63. The van der Waals surface area contributed by atoms with Gasteiger partial charge in [-0.05, 0) is 37.8 Å². The van der Waals surface area contributed by atoms with Crippen LogP contribution >= 0.6 is 11.3 Å². The van der Waals surface area contributed by atoms with Crippen molar-refractivity contribution in [3.63, 3.8) is 0 Å². The number of nitrogens with zero attached hydrogens (tertiary/aromatic N) is 2. The minimum Gasteiger partial charge on any atom is -0.339 e. The molecule has 0 aliphatic rings. The number of nitrogens with one attached hydrogen (secondary N) is 1. The van der Waals surface area contributed by atoms with E-state index in [9.17, 15) is 0 Å². The van der Waals surface area contributed by atoms with Crippen LogP contribution in [-0.4, -0.2) is 22.7 Å². The Kier molecular flexibility index (Phi) is 5.10. The normalized spacial score (nSPS) is 14.5. The Balaban J connectivity index is 2.11. The molecule has 0 saturated carbocycles. The van der Waals surface area contributed by atoms with Crippen LogP contribution in [0.1, 0.15) is 45.4 Å².